The molecule has 4 N–H and O–H groups in total. The number of likely N-dealkylation sites (tertiary alicyclic amines) is 1. The van der Waals surface area contributed by atoms with E-state index in [1.165, 1.54) is 6.42 Å². The lowest BCUT2D eigenvalue weighted by Gasteiger charge is -2.47. The lowest BCUT2D eigenvalue weighted by molar-refractivity contribution is -0.383. The number of hydrogen-bond donors (Lipinski definition) is 3. The quantitative estimate of drug-likeness (QED) is 0.358. The van der Waals surface area contributed by atoms with Gasteiger partial charge in [0.15, 0.2) is 0 Å². The minimum absolute atomic E-state index is 0.116. The number of anilines is 3. The maximum atomic E-state index is 11.7. The van der Waals surface area contributed by atoms with E-state index in [1.54, 1.807) is 24.3 Å². The van der Waals surface area contributed by atoms with Crippen molar-refractivity contribution in [3.63, 3.8) is 0 Å². The number of aromatic nitrogens is 1. The molecule has 2 aliphatic rings. The van der Waals surface area contributed by atoms with Crippen molar-refractivity contribution in [2.45, 2.75) is 25.8 Å². The molecule has 0 amide bonds. The van der Waals surface area contributed by atoms with Gasteiger partial charge in [0, 0.05) is 42.3 Å². The number of β-amino-alcohol motifs (C(OH)–C–C–N with tert-alkyl or cyclic N) is 1. The number of nitrogen functional groups attached to an aromatic ring is 1. The highest BCUT2D eigenvalue weighted by atomic mass is 35.5. The van der Waals surface area contributed by atoms with Crippen molar-refractivity contribution in [1.29, 1.82) is 0 Å². The molecule has 0 bridgehead atoms. The zero-order valence-corrected chi connectivity index (χ0v) is 20.6. The van der Waals surface area contributed by atoms with E-state index in [1.807, 2.05) is 6.92 Å². The number of nitrogens with two attached hydrogens (primary N) is 1. The summed E-state index contributed by atoms with van der Waals surface area (Å²) >= 11 is 12.3. The summed E-state index contributed by atoms with van der Waals surface area (Å²) in [7, 11) is 0. The summed E-state index contributed by atoms with van der Waals surface area (Å²) < 4.78 is 0. The Kier molecular flexibility index (Phi) is 7.67. The maximum Gasteiger partial charge on any atom is 0.334 e. The van der Waals surface area contributed by atoms with Crippen LogP contribution in [0.15, 0.2) is 24.3 Å². The SMILES string of the molecule is C[C@@H](Nc1cc(N2CC([C@H]3CCCN(CCO)C3)C2)nc(N)c1[N+](=O)[O-])c1ccc(Cl)cc1Cl. The van der Waals surface area contributed by atoms with Crippen LogP contribution in [0.25, 0.3) is 0 Å². The average Bonchev–Trinajstić information content (AvgIpc) is 2.72. The zero-order valence-electron chi connectivity index (χ0n) is 19.1. The van der Waals surface area contributed by atoms with Crippen LogP contribution in [0.5, 0.6) is 0 Å². The average molecular weight is 509 g/mol. The fraction of sp³-hybridized carbons (Fsp3) is 0.522. The van der Waals surface area contributed by atoms with E-state index in [-0.39, 0.29) is 24.2 Å². The zero-order chi connectivity index (χ0) is 24.4. The third kappa shape index (κ3) is 5.33. The number of halogens is 2. The molecule has 2 aromatic rings. The molecule has 34 heavy (non-hydrogen) atoms. The lowest BCUT2D eigenvalue weighted by Crippen LogP contribution is -2.54. The fourth-order valence-corrected chi connectivity index (χ4v) is 5.56. The molecule has 2 aliphatic heterocycles. The molecule has 11 heteroatoms. The van der Waals surface area contributed by atoms with Gasteiger partial charge in [-0.3, -0.25) is 10.1 Å². The number of piperidine rings is 1. The minimum Gasteiger partial charge on any atom is -0.395 e. The smallest absolute Gasteiger partial charge is 0.334 e. The van der Waals surface area contributed by atoms with Gasteiger partial charge in [-0.1, -0.05) is 29.3 Å². The summed E-state index contributed by atoms with van der Waals surface area (Å²) in [4.78, 5) is 20.0. The van der Waals surface area contributed by atoms with Crippen LogP contribution in [0, 0.1) is 22.0 Å². The summed E-state index contributed by atoms with van der Waals surface area (Å²) in [5, 5.41) is 25.2. The highest BCUT2D eigenvalue weighted by Gasteiger charge is 2.37. The molecule has 0 unspecified atom stereocenters. The molecule has 0 saturated carbocycles. The second-order valence-electron chi connectivity index (χ2n) is 9.14. The Hall–Kier alpha value is -2.33. The summed E-state index contributed by atoms with van der Waals surface area (Å²) in [5.74, 6) is 1.62. The van der Waals surface area contributed by atoms with Gasteiger partial charge in [-0.05, 0) is 55.8 Å². The molecule has 0 aliphatic carbocycles. The summed E-state index contributed by atoms with van der Waals surface area (Å²) in [6.45, 7) is 6.48. The van der Waals surface area contributed by atoms with Gasteiger partial charge < -0.3 is 26.0 Å². The Balaban J connectivity index is 1.50. The predicted molar refractivity (Wildman–Crippen MR) is 136 cm³/mol. The number of aliphatic hydroxyl groups excluding tert-OH is 1. The van der Waals surface area contributed by atoms with Gasteiger partial charge in [-0.2, -0.15) is 0 Å². The molecule has 2 atom stereocenters. The Morgan fingerprint density at radius 1 is 1.29 bits per heavy atom. The van der Waals surface area contributed by atoms with Crippen LogP contribution in [-0.4, -0.2) is 59.2 Å². The van der Waals surface area contributed by atoms with Crippen LogP contribution in [0.2, 0.25) is 10.0 Å². The van der Waals surface area contributed by atoms with Gasteiger partial charge in [0.1, 0.15) is 11.5 Å². The molecule has 1 aromatic carbocycles. The molecule has 9 nitrogen and oxygen atoms in total. The van der Waals surface area contributed by atoms with E-state index in [0.717, 1.165) is 44.7 Å². The van der Waals surface area contributed by atoms with E-state index in [0.29, 0.717) is 33.4 Å². The number of nitrogens with one attached hydrogen (secondary N) is 1. The van der Waals surface area contributed by atoms with Gasteiger partial charge in [-0.25, -0.2) is 4.98 Å². The largest absolute Gasteiger partial charge is 0.395 e. The van der Waals surface area contributed by atoms with Crippen LogP contribution in [0.1, 0.15) is 31.4 Å². The van der Waals surface area contributed by atoms with E-state index in [9.17, 15) is 15.2 Å². The number of nitro groups is 1. The molecule has 2 fully saturated rings. The Labute approximate surface area is 209 Å². The van der Waals surface area contributed by atoms with Crippen LogP contribution < -0.4 is 16.0 Å². The summed E-state index contributed by atoms with van der Waals surface area (Å²) in [5.41, 5.74) is 6.87. The molecule has 1 aromatic heterocycles. The maximum absolute atomic E-state index is 11.7. The number of pyridine rings is 1. The first-order chi connectivity index (χ1) is 16.3. The second kappa shape index (κ2) is 10.5. The molecule has 2 saturated heterocycles. The number of nitrogens with zero attached hydrogens (tertiary/aromatic N) is 4. The van der Waals surface area contributed by atoms with Gasteiger partial charge in [-0.15, -0.1) is 0 Å². The van der Waals surface area contributed by atoms with Crippen LogP contribution >= 0.6 is 23.2 Å². The number of hydrogen-bond acceptors (Lipinski definition) is 8. The first-order valence-electron chi connectivity index (χ1n) is 11.5. The molecular weight excluding hydrogens is 479 g/mol. The molecular formula is C23H30Cl2N6O3. The topological polar surface area (TPSA) is 121 Å². The molecule has 184 valence electrons. The fourth-order valence-electron chi connectivity index (χ4n) is 4.99. The lowest BCUT2D eigenvalue weighted by atomic mass is 9.80. The molecule has 3 heterocycles. The molecule has 0 spiro atoms. The Bertz CT molecular complexity index is 1050. The monoisotopic (exact) mass is 508 g/mol. The molecule has 4 rings (SSSR count). The van der Waals surface area contributed by atoms with E-state index in [2.05, 4.69) is 20.1 Å². The Morgan fingerprint density at radius 3 is 2.74 bits per heavy atom. The second-order valence-corrected chi connectivity index (χ2v) is 9.99. The molecule has 0 radical (unpaired) electrons. The highest BCUT2D eigenvalue weighted by molar-refractivity contribution is 6.35. The van der Waals surface area contributed by atoms with Gasteiger partial charge in [0.2, 0.25) is 5.82 Å². The number of aliphatic hydroxyl groups is 1. The summed E-state index contributed by atoms with van der Waals surface area (Å²) in [6, 6.07) is 6.55. The summed E-state index contributed by atoms with van der Waals surface area (Å²) in [6.07, 6.45) is 2.32. The van der Waals surface area contributed by atoms with Gasteiger partial charge >= 0.3 is 5.69 Å². The van der Waals surface area contributed by atoms with Crippen LogP contribution in [-0.2, 0) is 0 Å². The van der Waals surface area contributed by atoms with Crippen molar-refractivity contribution < 1.29 is 10.0 Å². The van der Waals surface area contributed by atoms with Gasteiger partial charge in [0.05, 0.1) is 17.6 Å². The van der Waals surface area contributed by atoms with E-state index < -0.39 is 4.92 Å². The van der Waals surface area contributed by atoms with Crippen molar-refractivity contribution in [2.75, 3.05) is 55.3 Å². The van der Waals surface area contributed by atoms with Crippen LogP contribution in [0.3, 0.4) is 0 Å². The minimum atomic E-state index is -0.513. The Morgan fingerprint density at radius 2 is 2.06 bits per heavy atom. The van der Waals surface area contributed by atoms with Crippen molar-refractivity contribution in [2.24, 2.45) is 11.8 Å². The van der Waals surface area contributed by atoms with Crippen molar-refractivity contribution in [3.05, 3.63) is 50.0 Å². The van der Waals surface area contributed by atoms with Gasteiger partial charge in [0.25, 0.3) is 0 Å². The van der Waals surface area contributed by atoms with Crippen molar-refractivity contribution in [1.82, 2.24) is 9.88 Å². The normalized spacial score (nSPS) is 20.1. The first kappa shape index (κ1) is 24.8. The van der Waals surface area contributed by atoms with E-state index in [4.69, 9.17) is 28.9 Å². The predicted octanol–water partition coefficient (Wildman–Crippen LogP) is 4.19. The number of rotatable bonds is 8. The number of benzene rings is 1. The third-order valence-electron chi connectivity index (χ3n) is 6.85. The van der Waals surface area contributed by atoms with Crippen LogP contribution in [0.4, 0.5) is 23.0 Å². The third-order valence-corrected chi connectivity index (χ3v) is 7.41. The van der Waals surface area contributed by atoms with E-state index >= 15 is 0 Å². The van der Waals surface area contributed by atoms with Crippen molar-refractivity contribution >= 4 is 46.2 Å². The standard InChI is InChI=1S/C23H30Cl2N6O3/c1-14(18-5-4-17(24)9-19(18)25)27-20-10-21(28-23(26)22(20)31(33)34)30-12-16(13-30)15-3-2-6-29(11-15)7-8-32/h4-5,9-10,14-16,32H,2-3,6-8,11-13H2,1H3,(H3,26,27,28)/t14-,15+/m1/s1. The highest BCUT2D eigenvalue weighted by Crippen LogP contribution is 2.39. The first-order valence-corrected chi connectivity index (χ1v) is 12.3. The van der Waals surface area contributed by atoms with Crippen molar-refractivity contribution in [3.8, 4) is 0 Å².